The van der Waals surface area contributed by atoms with Crippen LogP contribution in [0.2, 0.25) is 0 Å². The summed E-state index contributed by atoms with van der Waals surface area (Å²) in [5.74, 6) is -1.59. The molecular weight excluding hydrogens is 416 g/mol. The lowest BCUT2D eigenvalue weighted by Gasteiger charge is -2.35. The van der Waals surface area contributed by atoms with Gasteiger partial charge in [0.05, 0.1) is 12.8 Å². The number of piperazine rings is 1. The summed E-state index contributed by atoms with van der Waals surface area (Å²) in [5, 5.41) is 15.3. The fourth-order valence-corrected chi connectivity index (χ4v) is 3.73. The molecule has 4 rings (SSSR count). The number of carboxylic acids is 1. The van der Waals surface area contributed by atoms with Crippen molar-refractivity contribution in [3.63, 3.8) is 0 Å². The first-order valence-electron chi connectivity index (χ1n) is 11.1. The van der Waals surface area contributed by atoms with Crippen LogP contribution in [0, 0.1) is 0 Å². The van der Waals surface area contributed by atoms with Gasteiger partial charge < -0.3 is 20.5 Å². The molecule has 0 atom stereocenters. The van der Waals surface area contributed by atoms with E-state index in [-0.39, 0.29) is 12.8 Å². The Morgan fingerprint density at radius 2 is 1.03 bits per heavy atom. The molecule has 6 heteroatoms. The minimum atomic E-state index is -1.15. The van der Waals surface area contributed by atoms with Crippen molar-refractivity contribution in [3.8, 4) is 0 Å². The number of esters is 1. The molecule has 1 aliphatic heterocycles. The van der Waals surface area contributed by atoms with E-state index >= 15 is 0 Å². The summed E-state index contributed by atoms with van der Waals surface area (Å²) >= 11 is 0. The summed E-state index contributed by atoms with van der Waals surface area (Å²) in [7, 11) is 0. The van der Waals surface area contributed by atoms with Crippen LogP contribution in [0.15, 0.2) is 91.0 Å². The highest BCUT2D eigenvalue weighted by Crippen LogP contribution is 2.40. The van der Waals surface area contributed by atoms with Crippen LogP contribution in [-0.2, 0) is 19.9 Å². The van der Waals surface area contributed by atoms with Gasteiger partial charge in [-0.15, -0.1) is 0 Å². The Morgan fingerprint density at radius 1 is 0.667 bits per heavy atom. The van der Waals surface area contributed by atoms with Gasteiger partial charge in [0.25, 0.3) is 0 Å². The second-order valence-corrected chi connectivity index (χ2v) is 7.65. The van der Waals surface area contributed by atoms with Crippen LogP contribution in [0.3, 0.4) is 0 Å². The van der Waals surface area contributed by atoms with E-state index in [1.165, 1.54) is 0 Å². The maximum Gasteiger partial charge on any atom is 0.307 e. The van der Waals surface area contributed by atoms with Crippen molar-refractivity contribution in [1.82, 2.24) is 10.6 Å². The van der Waals surface area contributed by atoms with E-state index in [4.69, 9.17) is 9.84 Å². The third-order valence-corrected chi connectivity index (χ3v) is 5.31. The van der Waals surface area contributed by atoms with E-state index in [9.17, 15) is 9.59 Å². The van der Waals surface area contributed by atoms with Crippen LogP contribution < -0.4 is 10.6 Å². The number of nitrogens with one attached hydrogen (secondary N) is 2. The van der Waals surface area contributed by atoms with Gasteiger partial charge in [-0.1, -0.05) is 91.0 Å². The van der Waals surface area contributed by atoms with Crippen molar-refractivity contribution in [2.45, 2.75) is 18.4 Å². The average molecular weight is 447 g/mol. The van der Waals surface area contributed by atoms with Crippen LogP contribution in [0.1, 0.15) is 29.5 Å². The predicted molar refractivity (Wildman–Crippen MR) is 128 cm³/mol. The van der Waals surface area contributed by atoms with Gasteiger partial charge in [0.2, 0.25) is 0 Å². The van der Waals surface area contributed by atoms with Crippen LogP contribution in [0.25, 0.3) is 0 Å². The molecule has 33 heavy (non-hydrogen) atoms. The van der Waals surface area contributed by atoms with Gasteiger partial charge in [-0.3, -0.25) is 9.59 Å². The van der Waals surface area contributed by atoms with Crippen LogP contribution in [0.4, 0.5) is 0 Å². The molecule has 0 unspecified atom stereocenters. The van der Waals surface area contributed by atoms with Gasteiger partial charge >= 0.3 is 11.9 Å². The van der Waals surface area contributed by atoms with E-state index in [2.05, 4.69) is 10.6 Å². The number of carbonyl (C=O) groups excluding carboxylic acids is 1. The third kappa shape index (κ3) is 6.75. The van der Waals surface area contributed by atoms with Crippen LogP contribution >= 0.6 is 0 Å². The van der Waals surface area contributed by atoms with E-state index < -0.39 is 17.5 Å². The highest BCUT2D eigenvalue weighted by atomic mass is 16.6. The molecule has 6 nitrogen and oxygen atoms in total. The average Bonchev–Trinajstić information content (AvgIpc) is 2.89. The molecule has 0 aliphatic carbocycles. The van der Waals surface area contributed by atoms with Crippen molar-refractivity contribution < 1.29 is 19.4 Å². The fraction of sp³-hybridized carbons (Fsp3) is 0.259. The molecule has 0 spiro atoms. The summed E-state index contributed by atoms with van der Waals surface area (Å²) in [6, 6.07) is 28.5. The zero-order valence-electron chi connectivity index (χ0n) is 18.6. The molecule has 0 saturated carbocycles. The molecule has 1 fully saturated rings. The van der Waals surface area contributed by atoms with Gasteiger partial charge in [-0.05, 0) is 0 Å². The Kier molecular flexibility index (Phi) is 9.18. The lowest BCUT2D eigenvalue weighted by Crippen LogP contribution is -2.39. The minimum Gasteiger partial charge on any atom is -0.481 e. The Hall–Kier alpha value is -3.48. The van der Waals surface area contributed by atoms with Crippen LogP contribution in [0.5, 0.6) is 0 Å². The van der Waals surface area contributed by atoms with Gasteiger partial charge in [0.15, 0.2) is 5.60 Å². The summed E-state index contributed by atoms with van der Waals surface area (Å²) in [6.07, 6.45) is -0.461. The molecule has 3 N–H and O–H groups in total. The van der Waals surface area contributed by atoms with Crippen molar-refractivity contribution in [3.05, 3.63) is 108 Å². The zero-order chi connectivity index (χ0) is 23.4. The Balaban J connectivity index is 0.000000442. The molecule has 3 aromatic carbocycles. The van der Waals surface area contributed by atoms with Crippen molar-refractivity contribution >= 4 is 11.9 Å². The zero-order valence-corrected chi connectivity index (χ0v) is 18.6. The predicted octanol–water partition coefficient (Wildman–Crippen LogP) is 3.57. The number of ether oxygens (including phenoxy) is 1. The molecule has 172 valence electrons. The normalized spacial score (nSPS) is 13.3. The molecule has 0 amide bonds. The highest BCUT2D eigenvalue weighted by molar-refractivity contribution is 5.77. The van der Waals surface area contributed by atoms with E-state index in [1.807, 2.05) is 91.0 Å². The number of rotatable bonds is 7. The lowest BCUT2D eigenvalue weighted by atomic mass is 9.80. The second kappa shape index (κ2) is 12.5. The minimum absolute atomic E-state index is 0.191. The number of hydrogen-bond donors (Lipinski definition) is 3. The number of aliphatic carboxylic acids is 1. The maximum atomic E-state index is 12.6. The van der Waals surface area contributed by atoms with Gasteiger partial charge in [-0.25, -0.2) is 0 Å². The molecule has 1 heterocycles. The first kappa shape index (κ1) is 24.2. The monoisotopic (exact) mass is 446 g/mol. The molecule has 0 bridgehead atoms. The maximum absolute atomic E-state index is 12.6. The third-order valence-electron chi connectivity index (χ3n) is 5.31. The Morgan fingerprint density at radius 3 is 1.33 bits per heavy atom. The van der Waals surface area contributed by atoms with Crippen molar-refractivity contribution in [2.75, 3.05) is 26.2 Å². The van der Waals surface area contributed by atoms with Gasteiger partial charge in [0, 0.05) is 42.9 Å². The molecule has 3 aromatic rings. The largest absolute Gasteiger partial charge is 0.481 e. The SMILES string of the molecule is C1CNCCN1.O=C(O)CCC(=O)OC(c1ccccc1)(c1ccccc1)c1ccccc1. The first-order chi connectivity index (χ1) is 16.1. The van der Waals surface area contributed by atoms with E-state index in [0.29, 0.717) is 0 Å². The van der Waals surface area contributed by atoms with E-state index in [0.717, 1.165) is 42.9 Å². The number of carbonyl (C=O) groups is 2. The second-order valence-electron chi connectivity index (χ2n) is 7.65. The van der Waals surface area contributed by atoms with Gasteiger partial charge in [-0.2, -0.15) is 0 Å². The summed E-state index contributed by atoms with van der Waals surface area (Å²) in [6.45, 7) is 4.56. The van der Waals surface area contributed by atoms with Crippen LogP contribution in [-0.4, -0.2) is 43.2 Å². The topological polar surface area (TPSA) is 87.7 Å². The summed E-state index contributed by atoms with van der Waals surface area (Å²) < 4.78 is 6.04. The Labute approximate surface area is 194 Å². The smallest absolute Gasteiger partial charge is 0.307 e. The highest BCUT2D eigenvalue weighted by Gasteiger charge is 2.40. The molecular formula is C27H30N2O4. The number of hydrogen-bond acceptors (Lipinski definition) is 5. The lowest BCUT2D eigenvalue weighted by molar-refractivity contribution is -0.155. The van der Waals surface area contributed by atoms with Crippen molar-refractivity contribution in [2.24, 2.45) is 0 Å². The Bertz CT molecular complexity index is 882. The molecule has 0 radical (unpaired) electrons. The number of benzene rings is 3. The first-order valence-corrected chi connectivity index (χ1v) is 11.1. The molecule has 1 aliphatic rings. The molecule has 1 saturated heterocycles. The molecule has 0 aromatic heterocycles. The van der Waals surface area contributed by atoms with Gasteiger partial charge in [0.1, 0.15) is 0 Å². The summed E-state index contributed by atoms with van der Waals surface area (Å²) in [5.41, 5.74) is 1.24. The quantitative estimate of drug-likeness (QED) is 0.380. The summed E-state index contributed by atoms with van der Waals surface area (Å²) in [4.78, 5) is 23.5. The fourth-order valence-electron chi connectivity index (χ4n) is 3.73. The van der Waals surface area contributed by atoms with E-state index in [1.54, 1.807) is 0 Å². The van der Waals surface area contributed by atoms with Crippen molar-refractivity contribution in [1.29, 1.82) is 0 Å². The standard InChI is InChI=1S/C23H20O4.C4H10N2/c24-21(25)16-17-22(26)27-23(18-10-4-1-5-11-18,19-12-6-2-7-13-19)20-14-8-3-9-15-20;1-2-6-4-3-5-1/h1-15H,16-17H2,(H,24,25);5-6H,1-4H2. The number of carboxylic acid groups (broad SMARTS) is 1.